The Bertz CT molecular complexity index is 384. The fourth-order valence-electron chi connectivity index (χ4n) is 2.33. The number of methoxy groups -OCH3 is 1. The van der Waals surface area contributed by atoms with Crippen LogP contribution >= 0.6 is 11.6 Å². The Kier molecular flexibility index (Phi) is 7.21. The van der Waals surface area contributed by atoms with Crippen LogP contribution in [0.3, 0.4) is 0 Å². The van der Waals surface area contributed by atoms with Crippen LogP contribution < -0.4 is 10.5 Å². The van der Waals surface area contributed by atoms with E-state index in [4.69, 9.17) is 22.1 Å². The second kappa shape index (κ2) is 8.41. The number of halogens is 1. The zero-order valence-corrected chi connectivity index (χ0v) is 12.9. The maximum absolute atomic E-state index is 6.11. The van der Waals surface area contributed by atoms with Crippen LogP contribution in [0.4, 0.5) is 0 Å². The number of hydrogen-bond donors (Lipinski definition) is 1. The van der Waals surface area contributed by atoms with Crippen LogP contribution in [0.1, 0.15) is 38.3 Å². The van der Waals surface area contributed by atoms with Gasteiger partial charge in [-0.3, -0.25) is 4.90 Å². The first-order chi connectivity index (χ1) is 9.17. The second-order valence-electron chi connectivity index (χ2n) is 4.62. The van der Waals surface area contributed by atoms with Gasteiger partial charge in [0.1, 0.15) is 5.75 Å². The summed E-state index contributed by atoms with van der Waals surface area (Å²) in [5.41, 5.74) is 7.07. The van der Waals surface area contributed by atoms with Gasteiger partial charge in [-0.15, -0.1) is 0 Å². The van der Waals surface area contributed by atoms with Crippen molar-refractivity contribution >= 4 is 11.6 Å². The molecule has 0 bridgehead atoms. The summed E-state index contributed by atoms with van der Waals surface area (Å²) in [6.07, 6.45) is 2.35. The molecule has 108 valence electrons. The summed E-state index contributed by atoms with van der Waals surface area (Å²) in [5.74, 6) is 0.856. The number of nitrogens with zero attached hydrogens (tertiary/aromatic N) is 1. The second-order valence-corrected chi connectivity index (χ2v) is 5.06. The number of hydrogen-bond acceptors (Lipinski definition) is 3. The number of unbranched alkanes of at least 4 members (excludes halogenated alkanes) is 1. The molecule has 0 aromatic heterocycles. The van der Waals surface area contributed by atoms with Gasteiger partial charge in [0.2, 0.25) is 0 Å². The highest BCUT2D eigenvalue weighted by atomic mass is 35.5. The molecule has 0 amide bonds. The van der Waals surface area contributed by atoms with Crippen molar-refractivity contribution in [1.82, 2.24) is 4.90 Å². The third kappa shape index (κ3) is 4.37. The average Bonchev–Trinajstić information content (AvgIpc) is 2.43. The molecule has 1 rings (SSSR count). The van der Waals surface area contributed by atoms with Gasteiger partial charge in [-0.1, -0.05) is 31.9 Å². The highest BCUT2D eigenvalue weighted by Crippen LogP contribution is 2.31. The first-order valence-electron chi connectivity index (χ1n) is 6.95. The standard InChI is InChI=1S/C15H25ClN2O/c1-4-6-9-18(5-2)14(11-17)13-10-12(16)7-8-15(13)19-3/h7-8,10,14H,4-6,9,11,17H2,1-3H3. The Morgan fingerprint density at radius 3 is 2.63 bits per heavy atom. The Balaban J connectivity index is 3.02. The lowest BCUT2D eigenvalue weighted by Gasteiger charge is -2.31. The van der Waals surface area contributed by atoms with Crippen LogP contribution in [0.2, 0.25) is 5.02 Å². The van der Waals surface area contributed by atoms with Crippen molar-refractivity contribution in [3.05, 3.63) is 28.8 Å². The molecule has 0 radical (unpaired) electrons. The van der Waals surface area contributed by atoms with Crippen molar-refractivity contribution in [1.29, 1.82) is 0 Å². The number of likely N-dealkylation sites (N-methyl/N-ethyl adjacent to an activating group) is 1. The van der Waals surface area contributed by atoms with Crippen LogP contribution in [-0.2, 0) is 0 Å². The summed E-state index contributed by atoms with van der Waals surface area (Å²) >= 11 is 6.11. The van der Waals surface area contributed by atoms with Gasteiger partial charge in [0.15, 0.2) is 0 Å². The van der Waals surface area contributed by atoms with E-state index in [2.05, 4.69) is 18.7 Å². The fraction of sp³-hybridized carbons (Fsp3) is 0.600. The lowest BCUT2D eigenvalue weighted by molar-refractivity contribution is 0.205. The molecule has 4 heteroatoms. The van der Waals surface area contributed by atoms with E-state index in [-0.39, 0.29) is 6.04 Å². The van der Waals surface area contributed by atoms with Gasteiger partial charge in [0.05, 0.1) is 13.2 Å². The predicted octanol–water partition coefficient (Wildman–Crippen LogP) is 3.47. The van der Waals surface area contributed by atoms with Crippen molar-refractivity contribution in [2.24, 2.45) is 5.73 Å². The lowest BCUT2D eigenvalue weighted by atomic mass is 10.0. The highest BCUT2D eigenvalue weighted by molar-refractivity contribution is 6.30. The Labute approximate surface area is 121 Å². The molecule has 19 heavy (non-hydrogen) atoms. The molecule has 1 aromatic rings. The van der Waals surface area contributed by atoms with E-state index < -0.39 is 0 Å². The molecule has 0 aliphatic rings. The molecule has 0 heterocycles. The number of benzene rings is 1. The highest BCUT2D eigenvalue weighted by Gasteiger charge is 2.21. The van der Waals surface area contributed by atoms with Gasteiger partial charge < -0.3 is 10.5 Å². The molecule has 0 aliphatic heterocycles. The first kappa shape index (κ1) is 16.3. The fourth-order valence-corrected chi connectivity index (χ4v) is 2.51. The summed E-state index contributed by atoms with van der Waals surface area (Å²) < 4.78 is 5.44. The molecular weight excluding hydrogens is 260 g/mol. The van der Waals surface area contributed by atoms with Crippen LogP contribution in [0.25, 0.3) is 0 Å². The molecule has 0 fully saturated rings. The van der Waals surface area contributed by atoms with Crippen molar-refractivity contribution in [3.63, 3.8) is 0 Å². The van der Waals surface area contributed by atoms with Crippen molar-refractivity contribution in [2.45, 2.75) is 32.7 Å². The zero-order chi connectivity index (χ0) is 14.3. The Hall–Kier alpha value is -0.770. The molecule has 2 N–H and O–H groups in total. The van der Waals surface area contributed by atoms with Crippen molar-refractivity contribution < 1.29 is 4.74 Å². The molecule has 0 spiro atoms. The van der Waals surface area contributed by atoms with Gasteiger partial charge in [-0.2, -0.15) is 0 Å². The van der Waals surface area contributed by atoms with E-state index >= 15 is 0 Å². The maximum Gasteiger partial charge on any atom is 0.123 e. The van der Waals surface area contributed by atoms with E-state index in [1.54, 1.807) is 7.11 Å². The zero-order valence-electron chi connectivity index (χ0n) is 12.2. The minimum absolute atomic E-state index is 0.158. The molecule has 0 saturated carbocycles. The summed E-state index contributed by atoms with van der Waals surface area (Å²) in [6, 6.07) is 5.88. The molecule has 3 nitrogen and oxygen atoms in total. The minimum atomic E-state index is 0.158. The van der Waals surface area contributed by atoms with E-state index in [9.17, 15) is 0 Å². The van der Waals surface area contributed by atoms with Crippen LogP contribution in [0, 0.1) is 0 Å². The summed E-state index contributed by atoms with van der Waals surface area (Å²) in [4.78, 5) is 2.39. The van der Waals surface area contributed by atoms with E-state index in [0.717, 1.165) is 29.4 Å². The molecule has 0 saturated heterocycles. The number of ether oxygens (including phenoxy) is 1. The third-order valence-corrected chi connectivity index (χ3v) is 3.65. The summed E-state index contributed by atoms with van der Waals surface area (Å²) in [7, 11) is 1.68. The topological polar surface area (TPSA) is 38.5 Å². The Morgan fingerprint density at radius 1 is 1.37 bits per heavy atom. The minimum Gasteiger partial charge on any atom is -0.496 e. The normalized spacial score (nSPS) is 12.7. The Morgan fingerprint density at radius 2 is 2.11 bits per heavy atom. The number of nitrogens with two attached hydrogens (primary N) is 1. The average molecular weight is 285 g/mol. The lowest BCUT2D eigenvalue weighted by Crippen LogP contribution is -2.34. The van der Waals surface area contributed by atoms with E-state index in [0.29, 0.717) is 6.54 Å². The molecular formula is C15H25ClN2O. The van der Waals surface area contributed by atoms with Gasteiger partial charge in [-0.05, 0) is 37.7 Å². The summed E-state index contributed by atoms with van der Waals surface area (Å²) in [6.45, 7) is 6.94. The molecule has 1 atom stereocenters. The van der Waals surface area contributed by atoms with Crippen LogP contribution in [0.5, 0.6) is 5.75 Å². The van der Waals surface area contributed by atoms with Crippen molar-refractivity contribution in [2.75, 3.05) is 26.7 Å². The van der Waals surface area contributed by atoms with Gasteiger partial charge in [0, 0.05) is 17.1 Å². The monoisotopic (exact) mass is 284 g/mol. The predicted molar refractivity (Wildman–Crippen MR) is 82.0 cm³/mol. The number of rotatable bonds is 8. The van der Waals surface area contributed by atoms with Gasteiger partial charge in [0.25, 0.3) is 0 Å². The quantitative estimate of drug-likeness (QED) is 0.794. The molecule has 1 aromatic carbocycles. The van der Waals surface area contributed by atoms with Crippen molar-refractivity contribution in [3.8, 4) is 5.75 Å². The van der Waals surface area contributed by atoms with Crippen LogP contribution in [0.15, 0.2) is 18.2 Å². The van der Waals surface area contributed by atoms with Gasteiger partial charge in [-0.25, -0.2) is 0 Å². The maximum atomic E-state index is 6.11. The van der Waals surface area contributed by atoms with Crippen LogP contribution in [-0.4, -0.2) is 31.6 Å². The third-order valence-electron chi connectivity index (χ3n) is 3.42. The molecule has 0 aliphatic carbocycles. The van der Waals surface area contributed by atoms with Gasteiger partial charge >= 0.3 is 0 Å². The van der Waals surface area contributed by atoms with E-state index in [1.165, 1.54) is 12.8 Å². The first-order valence-corrected chi connectivity index (χ1v) is 7.33. The summed E-state index contributed by atoms with van der Waals surface area (Å²) in [5, 5.41) is 0.723. The SMILES string of the molecule is CCCCN(CC)C(CN)c1cc(Cl)ccc1OC. The molecule has 1 unspecified atom stereocenters. The smallest absolute Gasteiger partial charge is 0.123 e. The van der Waals surface area contributed by atoms with E-state index in [1.807, 2.05) is 18.2 Å². The largest absolute Gasteiger partial charge is 0.496 e.